The number of carbonyl (C=O) groups is 1. The van der Waals surface area contributed by atoms with Crippen molar-refractivity contribution in [1.82, 2.24) is 4.98 Å². The van der Waals surface area contributed by atoms with E-state index < -0.39 is 0 Å². The molecule has 0 aliphatic heterocycles. The van der Waals surface area contributed by atoms with E-state index in [0.717, 1.165) is 10.9 Å². The molecule has 0 atom stereocenters. The molecule has 0 saturated heterocycles. The SMILES string of the molecule is O=Cc1cc2cc(Cl)cnc2cc1Cl. The molecule has 1 aromatic carbocycles. The van der Waals surface area contributed by atoms with Gasteiger partial charge in [0.2, 0.25) is 0 Å². The van der Waals surface area contributed by atoms with Gasteiger partial charge in [0, 0.05) is 17.1 Å². The molecular formula is C10H5Cl2NO. The zero-order chi connectivity index (χ0) is 10.1. The molecule has 0 radical (unpaired) electrons. The minimum Gasteiger partial charge on any atom is -0.298 e. The number of aldehydes is 1. The number of carbonyl (C=O) groups excluding carboxylic acids is 1. The number of hydrogen-bond donors (Lipinski definition) is 0. The second kappa shape index (κ2) is 3.56. The van der Waals surface area contributed by atoms with Gasteiger partial charge in [0.25, 0.3) is 0 Å². The number of nitrogens with zero attached hydrogens (tertiary/aromatic N) is 1. The van der Waals surface area contributed by atoms with E-state index in [1.807, 2.05) is 0 Å². The molecule has 0 aliphatic carbocycles. The maximum Gasteiger partial charge on any atom is 0.151 e. The lowest BCUT2D eigenvalue weighted by Gasteiger charge is -2.00. The average molecular weight is 226 g/mol. The molecule has 70 valence electrons. The number of benzene rings is 1. The van der Waals surface area contributed by atoms with Crippen LogP contribution in [0.1, 0.15) is 10.4 Å². The summed E-state index contributed by atoms with van der Waals surface area (Å²) >= 11 is 11.6. The first kappa shape index (κ1) is 9.44. The summed E-state index contributed by atoms with van der Waals surface area (Å²) in [5, 5.41) is 1.75. The van der Waals surface area contributed by atoms with Crippen molar-refractivity contribution >= 4 is 40.4 Å². The van der Waals surface area contributed by atoms with Crippen molar-refractivity contribution in [2.75, 3.05) is 0 Å². The molecule has 14 heavy (non-hydrogen) atoms. The van der Waals surface area contributed by atoms with E-state index >= 15 is 0 Å². The first-order valence-electron chi connectivity index (χ1n) is 3.90. The summed E-state index contributed by atoms with van der Waals surface area (Å²) in [6.45, 7) is 0. The lowest BCUT2D eigenvalue weighted by molar-refractivity contribution is 0.112. The third-order valence-corrected chi connectivity index (χ3v) is 2.43. The van der Waals surface area contributed by atoms with Crippen LogP contribution in [0.15, 0.2) is 24.4 Å². The minimum atomic E-state index is 0.405. The maximum atomic E-state index is 10.6. The number of halogens is 2. The summed E-state index contributed by atoms with van der Waals surface area (Å²) in [5.41, 5.74) is 1.17. The summed E-state index contributed by atoms with van der Waals surface area (Å²) in [4.78, 5) is 14.7. The molecule has 0 saturated carbocycles. The Morgan fingerprint density at radius 1 is 1.21 bits per heavy atom. The lowest BCUT2D eigenvalue weighted by atomic mass is 10.1. The largest absolute Gasteiger partial charge is 0.298 e. The van der Waals surface area contributed by atoms with Crippen LogP contribution in [-0.2, 0) is 0 Å². The van der Waals surface area contributed by atoms with Gasteiger partial charge >= 0.3 is 0 Å². The van der Waals surface area contributed by atoms with E-state index in [2.05, 4.69) is 4.98 Å². The van der Waals surface area contributed by atoms with E-state index in [1.54, 1.807) is 24.4 Å². The zero-order valence-corrected chi connectivity index (χ0v) is 8.51. The second-order valence-electron chi connectivity index (χ2n) is 2.84. The molecule has 4 heteroatoms. The van der Waals surface area contributed by atoms with Crippen LogP contribution in [0.2, 0.25) is 10.0 Å². The average Bonchev–Trinajstić information content (AvgIpc) is 2.17. The van der Waals surface area contributed by atoms with Gasteiger partial charge in [-0.3, -0.25) is 9.78 Å². The Kier molecular flexibility index (Phi) is 2.40. The third kappa shape index (κ3) is 1.59. The Balaban J connectivity index is 2.79. The van der Waals surface area contributed by atoms with Crippen molar-refractivity contribution in [3.05, 3.63) is 40.0 Å². The molecule has 0 bridgehead atoms. The number of hydrogen-bond acceptors (Lipinski definition) is 2. The maximum absolute atomic E-state index is 10.6. The van der Waals surface area contributed by atoms with E-state index in [9.17, 15) is 4.79 Å². The predicted octanol–water partition coefficient (Wildman–Crippen LogP) is 3.35. The summed E-state index contributed by atoms with van der Waals surface area (Å²) in [6.07, 6.45) is 2.25. The standard InChI is InChI=1S/C10H5Cl2NO/c11-8-2-6-1-7(5-14)9(12)3-10(6)13-4-8/h1-5H. The van der Waals surface area contributed by atoms with E-state index in [0.29, 0.717) is 21.9 Å². The molecule has 1 heterocycles. The first-order chi connectivity index (χ1) is 6.70. The van der Waals surface area contributed by atoms with Gasteiger partial charge in [0.15, 0.2) is 6.29 Å². The molecule has 0 N–H and O–H groups in total. The molecule has 0 amide bonds. The van der Waals surface area contributed by atoms with Crippen LogP contribution in [0.3, 0.4) is 0 Å². The first-order valence-corrected chi connectivity index (χ1v) is 4.66. The number of pyridine rings is 1. The van der Waals surface area contributed by atoms with Crippen LogP contribution in [0.5, 0.6) is 0 Å². The number of aromatic nitrogens is 1. The highest BCUT2D eigenvalue weighted by atomic mass is 35.5. The Labute approximate surface area is 90.5 Å². The van der Waals surface area contributed by atoms with Gasteiger partial charge in [-0.1, -0.05) is 23.2 Å². The monoisotopic (exact) mass is 225 g/mol. The van der Waals surface area contributed by atoms with E-state index in [1.165, 1.54) is 0 Å². The summed E-state index contributed by atoms with van der Waals surface area (Å²) in [6, 6.07) is 5.06. The Bertz CT molecular complexity index is 511. The summed E-state index contributed by atoms with van der Waals surface area (Å²) in [5.74, 6) is 0. The van der Waals surface area contributed by atoms with Crippen molar-refractivity contribution in [1.29, 1.82) is 0 Å². The van der Waals surface area contributed by atoms with Crippen molar-refractivity contribution < 1.29 is 4.79 Å². The highest BCUT2D eigenvalue weighted by Gasteiger charge is 2.03. The highest BCUT2D eigenvalue weighted by molar-refractivity contribution is 6.34. The molecule has 1 aromatic heterocycles. The Morgan fingerprint density at radius 3 is 2.71 bits per heavy atom. The van der Waals surface area contributed by atoms with Crippen LogP contribution >= 0.6 is 23.2 Å². The van der Waals surface area contributed by atoms with Gasteiger partial charge in [0.05, 0.1) is 15.6 Å². The van der Waals surface area contributed by atoms with Crippen molar-refractivity contribution in [3.8, 4) is 0 Å². The number of rotatable bonds is 1. The molecule has 0 spiro atoms. The zero-order valence-electron chi connectivity index (χ0n) is 7.00. The van der Waals surface area contributed by atoms with Crippen LogP contribution in [-0.4, -0.2) is 11.3 Å². The topological polar surface area (TPSA) is 30.0 Å². The molecule has 0 aliphatic rings. The highest BCUT2D eigenvalue weighted by Crippen LogP contribution is 2.23. The third-order valence-electron chi connectivity index (χ3n) is 1.89. The van der Waals surface area contributed by atoms with E-state index in [-0.39, 0.29) is 0 Å². The van der Waals surface area contributed by atoms with Gasteiger partial charge in [0.1, 0.15) is 0 Å². The molecule has 0 fully saturated rings. The normalized spacial score (nSPS) is 10.4. The summed E-state index contributed by atoms with van der Waals surface area (Å²) in [7, 11) is 0. The van der Waals surface area contributed by atoms with Crippen LogP contribution < -0.4 is 0 Å². The minimum absolute atomic E-state index is 0.405. The lowest BCUT2D eigenvalue weighted by Crippen LogP contribution is -1.85. The van der Waals surface area contributed by atoms with Crippen LogP contribution in [0.4, 0.5) is 0 Å². The smallest absolute Gasteiger partial charge is 0.151 e. The molecule has 0 unspecified atom stereocenters. The molecular weight excluding hydrogens is 221 g/mol. The van der Waals surface area contributed by atoms with Gasteiger partial charge in [-0.15, -0.1) is 0 Å². The molecule has 2 rings (SSSR count). The van der Waals surface area contributed by atoms with Gasteiger partial charge in [-0.2, -0.15) is 0 Å². The Hall–Kier alpha value is -1.12. The van der Waals surface area contributed by atoms with Crippen LogP contribution in [0.25, 0.3) is 10.9 Å². The quantitative estimate of drug-likeness (QED) is 0.698. The van der Waals surface area contributed by atoms with Crippen molar-refractivity contribution in [2.24, 2.45) is 0 Å². The fourth-order valence-corrected chi connectivity index (χ4v) is 1.60. The van der Waals surface area contributed by atoms with E-state index in [4.69, 9.17) is 23.2 Å². The van der Waals surface area contributed by atoms with Crippen LogP contribution in [0, 0.1) is 0 Å². The predicted molar refractivity (Wildman–Crippen MR) is 57.2 cm³/mol. The fourth-order valence-electron chi connectivity index (χ4n) is 1.23. The Morgan fingerprint density at radius 2 is 2.00 bits per heavy atom. The second-order valence-corrected chi connectivity index (χ2v) is 3.68. The van der Waals surface area contributed by atoms with Gasteiger partial charge < -0.3 is 0 Å². The van der Waals surface area contributed by atoms with Gasteiger partial charge in [-0.05, 0) is 18.2 Å². The molecule has 2 nitrogen and oxygen atoms in total. The van der Waals surface area contributed by atoms with Crippen molar-refractivity contribution in [3.63, 3.8) is 0 Å². The van der Waals surface area contributed by atoms with Gasteiger partial charge in [-0.25, -0.2) is 0 Å². The summed E-state index contributed by atoms with van der Waals surface area (Å²) < 4.78 is 0. The fraction of sp³-hybridized carbons (Fsp3) is 0. The van der Waals surface area contributed by atoms with Crippen molar-refractivity contribution in [2.45, 2.75) is 0 Å². The molecule has 2 aromatic rings. The number of fused-ring (bicyclic) bond motifs is 1.